The van der Waals surface area contributed by atoms with E-state index in [2.05, 4.69) is 9.44 Å². The summed E-state index contributed by atoms with van der Waals surface area (Å²) in [5, 5.41) is 0. The van der Waals surface area contributed by atoms with Crippen LogP contribution in [0.3, 0.4) is 0 Å². The molecule has 0 rings (SSSR count). The minimum Gasteiger partial charge on any atom is -0.294 e. The lowest BCUT2D eigenvalue weighted by Gasteiger charge is -1.97. The van der Waals surface area contributed by atoms with Gasteiger partial charge in [0.25, 0.3) is 0 Å². The fraction of sp³-hybridized carbons (Fsp3) is 1.00. The van der Waals surface area contributed by atoms with E-state index < -0.39 is 22.5 Å². The molecule has 0 heterocycles. The smallest absolute Gasteiger partial charge is 0.231 e. The van der Waals surface area contributed by atoms with Gasteiger partial charge in [0, 0.05) is 13.1 Å². The quantitative estimate of drug-likeness (QED) is 0.310. The van der Waals surface area contributed by atoms with Crippen molar-refractivity contribution in [3.05, 3.63) is 0 Å². The van der Waals surface area contributed by atoms with E-state index in [-0.39, 0.29) is 13.1 Å². The van der Waals surface area contributed by atoms with Gasteiger partial charge in [-0.15, -0.1) is 0 Å². The lowest BCUT2D eigenvalue weighted by molar-refractivity contribution is 0.538. The summed E-state index contributed by atoms with van der Waals surface area (Å²) in [5.41, 5.74) is 0. The number of hydrogen-bond donors (Lipinski definition) is 4. The Kier molecular flexibility index (Phi) is 5.97. The summed E-state index contributed by atoms with van der Waals surface area (Å²) in [4.78, 5) is 0. The van der Waals surface area contributed by atoms with Crippen molar-refractivity contribution < 1.29 is 17.5 Å². The highest BCUT2D eigenvalue weighted by Gasteiger charge is 1.92. The monoisotopic (exact) mass is 188 g/mol. The van der Waals surface area contributed by atoms with E-state index in [1.165, 1.54) is 0 Å². The first-order chi connectivity index (χ1) is 4.63. The van der Waals surface area contributed by atoms with E-state index in [0.717, 1.165) is 0 Å². The molecule has 2 atom stereocenters. The topological polar surface area (TPSA) is 98.7 Å². The number of nitrogens with one attached hydrogen (secondary N) is 2. The zero-order chi connectivity index (χ0) is 7.98. The van der Waals surface area contributed by atoms with Crippen LogP contribution in [0.1, 0.15) is 0 Å². The third kappa shape index (κ3) is 8.14. The molecule has 10 heavy (non-hydrogen) atoms. The molecule has 0 aromatic heterocycles. The average Bonchev–Trinajstić information content (AvgIpc) is 1.79. The standard InChI is InChI=1S/C2H8N2O4S2/c5-9(6)3-1-2-4-10(7)8/h3-4H,1-2H2,(H,5,6)(H,7,8). The van der Waals surface area contributed by atoms with Crippen LogP contribution in [0.2, 0.25) is 0 Å². The van der Waals surface area contributed by atoms with Crippen LogP contribution in [0, 0.1) is 0 Å². The maximum atomic E-state index is 9.88. The van der Waals surface area contributed by atoms with Gasteiger partial charge in [-0.05, 0) is 0 Å². The van der Waals surface area contributed by atoms with Gasteiger partial charge >= 0.3 is 0 Å². The maximum Gasteiger partial charge on any atom is 0.231 e. The first kappa shape index (κ1) is 10.1. The van der Waals surface area contributed by atoms with Crippen LogP contribution in [-0.4, -0.2) is 30.6 Å². The fourth-order valence-electron chi connectivity index (χ4n) is 0.277. The Morgan fingerprint density at radius 2 is 1.30 bits per heavy atom. The molecule has 62 valence electrons. The molecule has 0 bridgehead atoms. The first-order valence-electron chi connectivity index (χ1n) is 2.31. The number of hydrogen-bond acceptors (Lipinski definition) is 2. The van der Waals surface area contributed by atoms with Gasteiger partial charge in [0.1, 0.15) is 0 Å². The SMILES string of the molecule is O=S(O)NCCNS(=O)O. The lowest BCUT2D eigenvalue weighted by atomic mass is 10.7. The normalized spacial score (nSPS) is 16.6. The van der Waals surface area contributed by atoms with E-state index in [9.17, 15) is 8.42 Å². The summed E-state index contributed by atoms with van der Waals surface area (Å²) in [6, 6.07) is 0. The molecule has 0 amide bonds. The molecule has 6 nitrogen and oxygen atoms in total. The average molecular weight is 188 g/mol. The molecular weight excluding hydrogens is 180 g/mol. The summed E-state index contributed by atoms with van der Waals surface area (Å²) in [6.45, 7) is 0.324. The molecule has 0 radical (unpaired) electrons. The first-order valence-corrected chi connectivity index (χ1v) is 4.53. The van der Waals surface area contributed by atoms with Crippen LogP contribution >= 0.6 is 0 Å². The van der Waals surface area contributed by atoms with E-state index in [0.29, 0.717) is 0 Å². The van der Waals surface area contributed by atoms with Crippen LogP contribution in [-0.2, 0) is 22.5 Å². The van der Waals surface area contributed by atoms with E-state index in [1.807, 2.05) is 0 Å². The van der Waals surface area contributed by atoms with Crippen molar-refractivity contribution in [1.82, 2.24) is 9.44 Å². The highest BCUT2D eigenvalue weighted by atomic mass is 32.2. The predicted molar refractivity (Wildman–Crippen MR) is 37.5 cm³/mol. The van der Waals surface area contributed by atoms with Crippen molar-refractivity contribution in [2.75, 3.05) is 13.1 Å². The molecular formula is C2H8N2O4S2. The van der Waals surface area contributed by atoms with E-state index >= 15 is 0 Å². The zero-order valence-electron chi connectivity index (χ0n) is 4.94. The molecule has 0 aliphatic rings. The number of rotatable bonds is 5. The largest absolute Gasteiger partial charge is 0.294 e. The van der Waals surface area contributed by atoms with Crippen molar-refractivity contribution in [2.24, 2.45) is 0 Å². The Hall–Kier alpha value is 0.140. The van der Waals surface area contributed by atoms with Crippen LogP contribution < -0.4 is 9.44 Å². The fourth-order valence-corrected chi connectivity index (χ4v) is 0.830. The van der Waals surface area contributed by atoms with Crippen molar-refractivity contribution >= 4 is 22.5 Å². The van der Waals surface area contributed by atoms with Gasteiger partial charge in [0.05, 0.1) is 0 Å². The Bertz CT molecular complexity index is 123. The molecule has 8 heteroatoms. The van der Waals surface area contributed by atoms with Crippen LogP contribution in [0.4, 0.5) is 0 Å². The molecule has 0 saturated carbocycles. The minimum atomic E-state index is -2.05. The van der Waals surface area contributed by atoms with Gasteiger partial charge in [-0.2, -0.15) is 0 Å². The summed E-state index contributed by atoms with van der Waals surface area (Å²) < 4.78 is 40.2. The molecule has 0 fully saturated rings. The van der Waals surface area contributed by atoms with Crippen molar-refractivity contribution in [3.63, 3.8) is 0 Å². The predicted octanol–water partition coefficient (Wildman–Crippen LogP) is -1.56. The Morgan fingerprint density at radius 1 is 1.00 bits per heavy atom. The molecule has 0 aromatic carbocycles. The lowest BCUT2D eigenvalue weighted by Crippen LogP contribution is -2.29. The van der Waals surface area contributed by atoms with E-state index in [4.69, 9.17) is 9.11 Å². The summed E-state index contributed by atoms with van der Waals surface area (Å²) in [7, 11) is 0. The molecule has 0 aromatic rings. The van der Waals surface area contributed by atoms with Gasteiger partial charge in [-0.3, -0.25) is 9.11 Å². The van der Waals surface area contributed by atoms with E-state index in [1.54, 1.807) is 0 Å². The van der Waals surface area contributed by atoms with Gasteiger partial charge in [-0.1, -0.05) is 0 Å². The maximum absolute atomic E-state index is 9.88. The Morgan fingerprint density at radius 3 is 1.50 bits per heavy atom. The molecule has 2 unspecified atom stereocenters. The zero-order valence-corrected chi connectivity index (χ0v) is 6.57. The van der Waals surface area contributed by atoms with Gasteiger partial charge in [0.2, 0.25) is 22.5 Å². The Balaban J connectivity index is 3.06. The van der Waals surface area contributed by atoms with Gasteiger partial charge in [0.15, 0.2) is 0 Å². The highest BCUT2D eigenvalue weighted by Crippen LogP contribution is 1.64. The molecule has 0 spiro atoms. The molecule has 4 N–H and O–H groups in total. The van der Waals surface area contributed by atoms with Gasteiger partial charge in [-0.25, -0.2) is 17.9 Å². The van der Waals surface area contributed by atoms with Crippen molar-refractivity contribution in [3.8, 4) is 0 Å². The third-order valence-corrected chi connectivity index (χ3v) is 1.48. The van der Waals surface area contributed by atoms with Crippen LogP contribution in [0.5, 0.6) is 0 Å². The summed E-state index contributed by atoms with van der Waals surface area (Å²) >= 11 is -4.10. The second kappa shape index (κ2) is 5.89. The summed E-state index contributed by atoms with van der Waals surface area (Å²) in [6.07, 6.45) is 0. The van der Waals surface area contributed by atoms with Crippen LogP contribution in [0.25, 0.3) is 0 Å². The molecule has 0 aliphatic heterocycles. The third-order valence-electron chi connectivity index (χ3n) is 0.576. The van der Waals surface area contributed by atoms with Crippen molar-refractivity contribution in [2.45, 2.75) is 0 Å². The highest BCUT2D eigenvalue weighted by molar-refractivity contribution is 7.77. The van der Waals surface area contributed by atoms with Crippen LogP contribution in [0.15, 0.2) is 0 Å². The Labute approximate surface area is 63.2 Å². The van der Waals surface area contributed by atoms with Crippen molar-refractivity contribution in [1.29, 1.82) is 0 Å². The second-order valence-corrected chi connectivity index (χ2v) is 2.86. The molecule has 0 saturated heterocycles. The second-order valence-electron chi connectivity index (χ2n) is 1.29. The minimum absolute atomic E-state index is 0.162. The summed E-state index contributed by atoms with van der Waals surface area (Å²) in [5.74, 6) is 0. The molecule has 0 aliphatic carbocycles. The van der Waals surface area contributed by atoms with Gasteiger partial charge < -0.3 is 0 Å².